The average Bonchev–Trinajstić information content (AvgIpc) is 2.76. The van der Waals surface area contributed by atoms with Gasteiger partial charge in [-0.1, -0.05) is 0 Å². The molecule has 0 aromatic carbocycles. The number of carbonyl (C=O) groups excluding carboxylic acids is 4. The molecule has 0 aromatic rings. The molecule has 100 valence electrons. The van der Waals surface area contributed by atoms with Crippen LogP contribution in [-0.2, 0) is 28.7 Å². The minimum absolute atomic E-state index is 0.0522. The molecule has 1 rings (SSSR count). The third kappa shape index (κ3) is 2.57. The fourth-order valence-corrected chi connectivity index (χ4v) is 2.64. The molecule has 0 aliphatic heterocycles. The number of methoxy groups -OCH3 is 2. The normalized spacial score (nSPS) is 30.6. The van der Waals surface area contributed by atoms with Crippen LogP contribution in [0, 0.1) is 23.7 Å². The average molecular weight is 256 g/mol. The molecule has 6 heteroatoms. The van der Waals surface area contributed by atoms with Crippen LogP contribution in [0.3, 0.4) is 0 Å². The highest BCUT2D eigenvalue weighted by atomic mass is 16.5. The summed E-state index contributed by atoms with van der Waals surface area (Å²) in [6, 6.07) is 0. The van der Waals surface area contributed by atoms with Crippen molar-refractivity contribution in [3.8, 4) is 0 Å². The van der Waals surface area contributed by atoms with E-state index in [2.05, 4.69) is 9.47 Å². The molecule has 0 bridgehead atoms. The molecule has 4 unspecified atom stereocenters. The van der Waals surface area contributed by atoms with Gasteiger partial charge in [-0.2, -0.15) is 0 Å². The van der Waals surface area contributed by atoms with Gasteiger partial charge in [-0.3, -0.25) is 9.59 Å². The number of esters is 2. The minimum atomic E-state index is -0.789. The van der Waals surface area contributed by atoms with Gasteiger partial charge in [0.1, 0.15) is 12.6 Å². The van der Waals surface area contributed by atoms with Crippen molar-refractivity contribution in [3.05, 3.63) is 0 Å². The van der Waals surface area contributed by atoms with Gasteiger partial charge in [0.05, 0.1) is 26.1 Å². The molecule has 0 heterocycles. The Morgan fingerprint density at radius 1 is 1.17 bits per heavy atom. The molecular weight excluding hydrogens is 240 g/mol. The lowest BCUT2D eigenvalue weighted by atomic mass is 9.85. The molecule has 6 nitrogen and oxygen atoms in total. The highest BCUT2D eigenvalue weighted by Gasteiger charge is 2.50. The second-order valence-corrected chi connectivity index (χ2v) is 4.28. The molecule has 1 saturated carbocycles. The molecule has 0 spiro atoms. The molecule has 4 atom stereocenters. The Bertz CT molecular complexity index is 350. The summed E-state index contributed by atoms with van der Waals surface area (Å²) in [6.45, 7) is 0. The molecule has 0 N–H and O–H groups in total. The molecule has 1 fully saturated rings. The van der Waals surface area contributed by atoms with Crippen molar-refractivity contribution in [1.29, 1.82) is 0 Å². The van der Waals surface area contributed by atoms with Crippen molar-refractivity contribution in [2.24, 2.45) is 23.7 Å². The van der Waals surface area contributed by atoms with Gasteiger partial charge in [-0.15, -0.1) is 0 Å². The maximum absolute atomic E-state index is 11.7. The van der Waals surface area contributed by atoms with Gasteiger partial charge in [-0.25, -0.2) is 0 Å². The fraction of sp³-hybridized carbons (Fsp3) is 0.667. The minimum Gasteiger partial charge on any atom is -0.469 e. The second kappa shape index (κ2) is 6.28. The summed E-state index contributed by atoms with van der Waals surface area (Å²) >= 11 is 0. The van der Waals surface area contributed by atoms with Crippen molar-refractivity contribution in [2.75, 3.05) is 14.2 Å². The van der Waals surface area contributed by atoms with Crippen LogP contribution in [-0.4, -0.2) is 38.7 Å². The molecule has 1 aliphatic carbocycles. The van der Waals surface area contributed by atoms with E-state index in [4.69, 9.17) is 0 Å². The Balaban J connectivity index is 3.04. The number of ether oxygens (including phenoxy) is 2. The number of hydrogen-bond acceptors (Lipinski definition) is 6. The Morgan fingerprint density at radius 2 is 1.78 bits per heavy atom. The topological polar surface area (TPSA) is 86.7 Å². The molecule has 0 aromatic heterocycles. The van der Waals surface area contributed by atoms with Gasteiger partial charge in [0.15, 0.2) is 0 Å². The van der Waals surface area contributed by atoms with Gasteiger partial charge in [0.25, 0.3) is 0 Å². The van der Waals surface area contributed by atoms with Gasteiger partial charge < -0.3 is 19.1 Å². The number of rotatable bonds is 5. The Morgan fingerprint density at radius 3 is 2.22 bits per heavy atom. The van der Waals surface area contributed by atoms with Crippen molar-refractivity contribution in [3.63, 3.8) is 0 Å². The molecular formula is C12H16O6. The predicted octanol–water partition coefficient (Wildman–Crippen LogP) is -0.0112. The van der Waals surface area contributed by atoms with Crippen LogP contribution in [0.5, 0.6) is 0 Å². The smallest absolute Gasteiger partial charge is 0.309 e. The van der Waals surface area contributed by atoms with E-state index in [1.165, 1.54) is 14.2 Å². The molecule has 18 heavy (non-hydrogen) atoms. The van der Waals surface area contributed by atoms with Crippen LogP contribution in [0.4, 0.5) is 0 Å². The van der Waals surface area contributed by atoms with Crippen LogP contribution >= 0.6 is 0 Å². The van der Waals surface area contributed by atoms with Crippen LogP contribution in [0.15, 0.2) is 0 Å². The number of carbonyl (C=O) groups is 4. The first-order valence-electron chi connectivity index (χ1n) is 5.65. The van der Waals surface area contributed by atoms with E-state index in [0.717, 1.165) is 0 Å². The van der Waals surface area contributed by atoms with E-state index in [9.17, 15) is 19.2 Å². The van der Waals surface area contributed by atoms with E-state index in [1.807, 2.05) is 0 Å². The lowest BCUT2D eigenvalue weighted by Crippen LogP contribution is -2.32. The Labute approximate surface area is 105 Å². The summed E-state index contributed by atoms with van der Waals surface area (Å²) in [5.74, 6) is -3.63. The lowest BCUT2D eigenvalue weighted by molar-refractivity contribution is -0.157. The summed E-state index contributed by atoms with van der Waals surface area (Å²) in [7, 11) is 2.43. The molecule has 0 saturated heterocycles. The first-order valence-corrected chi connectivity index (χ1v) is 5.65. The van der Waals surface area contributed by atoms with Gasteiger partial charge >= 0.3 is 11.9 Å². The van der Waals surface area contributed by atoms with Crippen molar-refractivity contribution in [2.45, 2.75) is 12.8 Å². The summed E-state index contributed by atoms with van der Waals surface area (Å²) in [5.41, 5.74) is 0. The Hall–Kier alpha value is -1.72. The molecule has 1 aliphatic rings. The maximum atomic E-state index is 11.7. The SMILES string of the molecule is COC(=O)C1CC(C=O)C(CC=O)C1C(=O)OC. The molecule has 0 radical (unpaired) electrons. The van der Waals surface area contributed by atoms with Crippen LogP contribution in [0.25, 0.3) is 0 Å². The van der Waals surface area contributed by atoms with Crippen LogP contribution in [0.2, 0.25) is 0 Å². The third-order valence-corrected chi connectivity index (χ3v) is 3.49. The highest BCUT2D eigenvalue weighted by molar-refractivity contribution is 5.84. The van der Waals surface area contributed by atoms with Crippen molar-refractivity contribution in [1.82, 2.24) is 0 Å². The second-order valence-electron chi connectivity index (χ2n) is 4.28. The van der Waals surface area contributed by atoms with E-state index in [-0.39, 0.29) is 12.8 Å². The van der Waals surface area contributed by atoms with Gasteiger partial charge in [0, 0.05) is 12.3 Å². The number of hydrogen-bond donors (Lipinski definition) is 0. The fourth-order valence-electron chi connectivity index (χ4n) is 2.64. The summed E-state index contributed by atoms with van der Waals surface area (Å²) < 4.78 is 9.28. The van der Waals surface area contributed by atoms with Crippen LogP contribution in [0.1, 0.15) is 12.8 Å². The molecule has 0 amide bonds. The summed E-state index contributed by atoms with van der Waals surface area (Å²) in [5, 5.41) is 0. The monoisotopic (exact) mass is 256 g/mol. The van der Waals surface area contributed by atoms with E-state index in [0.29, 0.717) is 12.6 Å². The van der Waals surface area contributed by atoms with Gasteiger partial charge in [-0.05, 0) is 12.3 Å². The first kappa shape index (κ1) is 14.3. The van der Waals surface area contributed by atoms with Crippen LogP contribution < -0.4 is 0 Å². The van der Waals surface area contributed by atoms with E-state index in [1.54, 1.807) is 0 Å². The van der Waals surface area contributed by atoms with E-state index < -0.39 is 35.6 Å². The zero-order valence-corrected chi connectivity index (χ0v) is 10.3. The van der Waals surface area contributed by atoms with Gasteiger partial charge in [0.2, 0.25) is 0 Å². The zero-order chi connectivity index (χ0) is 13.7. The third-order valence-electron chi connectivity index (χ3n) is 3.49. The maximum Gasteiger partial charge on any atom is 0.309 e. The summed E-state index contributed by atoms with van der Waals surface area (Å²) in [6.07, 6.45) is 1.61. The van der Waals surface area contributed by atoms with Crippen molar-refractivity contribution >= 4 is 24.5 Å². The number of aldehydes is 2. The predicted molar refractivity (Wildman–Crippen MR) is 59.4 cm³/mol. The van der Waals surface area contributed by atoms with Crippen molar-refractivity contribution < 1.29 is 28.7 Å². The first-order chi connectivity index (χ1) is 8.60. The summed E-state index contributed by atoms with van der Waals surface area (Å²) in [4.78, 5) is 45.0. The van der Waals surface area contributed by atoms with E-state index >= 15 is 0 Å². The lowest BCUT2D eigenvalue weighted by Gasteiger charge is -2.20. The zero-order valence-electron chi connectivity index (χ0n) is 10.3. The highest BCUT2D eigenvalue weighted by Crippen LogP contribution is 2.43. The quantitative estimate of drug-likeness (QED) is 0.508. The largest absolute Gasteiger partial charge is 0.469 e. The Kier molecular flexibility index (Phi) is 5.00. The standard InChI is InChI=1S/C12H16O6/c1-17-11(15)9-5-7(6-14)8(3-4-13)10(9)12(16)18-2/h4,6-10H,3,5H2,1-2H3.